The largest absolute Gasteiger partial charge is 0.454 e. The van der Waals surface area contributed by atoms with E-state index in [2.05, 4.69) is 41.4 Å². The molecule has 2 aromatic rings. The van der Waals surface area contributed by atoms with Crippen molar-refractivity contribution in [3.05, 3.63) is 30.0 Å². The van der Waals surface area contributed by atoms with E-state index in [-0.39, 0.29) is 12.3 Å². The van der Waals surface area contributed by atoms with Gasteiger partial charge in [0.2, 0.25) is 12.7 Å². The lowest BCUT2D eigenvalue weighted by Gasteiger charge is -2.21. The van der Waals surface area contributed by atoms with Crippen LogP contribution in [0.25, 0.3) is 0 Å². The molecule has 6 nitrogen and oxygen atoms in total. The number of ether oxygens (including phenoxy) is 2. The molecular formula is C16H20N4O2. The fraction of sp³-hybridized carbons (Fsp3) is 0.375. The van der Waals surface area contributed by atoms with Crippen molar-refractivity contribution in [2.24, 2.45) is 0 Å². The maximum Gasteiger partial charge on any atom is 0.231 e. The normalized spacial score (nSPS) is 13.1. The molecule has 0 fully saturated rings. The molecule has 1 aliphatic heterocycles. The second kappa shape index (κ2) is 5.36. The van der Waals surface area contributed by atoms with Crippen LogP contribution in [0.4, 0.5) is 17.5 Å². The third-order valence-electron chi connectivity index (χ3n) is 3.11. The molecule has 0 saturated heterocycles. The van der Waals surface area contributed by atoms with Crippen molar-refractivity contribution >= 4 is 17.5 Å². The van der Waals surface area contributed by atoms with E-state index in [1.807, 2.05) is 25.1 Å². The summed E-state index contributed by atoms with van der Waals surface area (Å²) in [6, 6.07) is 5.74. The van der Waals surface area contributed by atoms with Gasteiger partial charge in [0, 0.05) is 17.3 Å². The highest BCUT2D eigenvalue weighted by molar-refractivity contribution is 5.70. The third-order valence-corrected chi connectivity index (χ3v) is 3.11. The number of nitrogens with one attached hydrogen (secondary N) is 2. The van der Waals surface area contributed by atoms with Crippen molar-refractivity contribution < 1.29 is 9.47 Å². The molecule has 0 bridgehead atoms. The quantitative estimate of drug-likeness (QED) is 0.904. The first-order chi connectivity index (χ1) is 10.4. The molecule has 0 atom stereocenters. The summed E-state index contributed by atoms with van der Waals surface area (Å²) in [6.07, 6.45) is 1.80. The van der Waals surface area contributed by atoms with Gasteiger partial charge >= 0.3 is 0 Å². The summed E-state index contributed by atoms with van der Waals surface area (Å²) in [7, 11) is 0. The molecule has 0 saturated carbocycles. The summed E-state index contributed by atoms with van der Waals surface area (Å²) in [5.41, 5.74) is 1.69. The van der Waals surface area contributed by atoms with E-state index in [0.29, 0.717) is 11.7 Å². The SMILES string of the molecule is Cc1cnc(NC(C)(C)C)nc1Nc1cccc2c1OCO2. The molecule has 0 amide bonds. The van der Waals surface area contributed by atoms with Gasteiger partial charge in [0.05, 0.1) is 5.69 Å². The zero-order valence-corrected chi connectivity index (χ0v) is 13.2. The molecule has 1 aromatic heterocycles. The van der Waals surface area contributed by atoms with Crippen LogP contribution in [0.5, 0.6) is 11.5 Å². The van der Waals surface area contributed by atoms with Crippen LogP contribution < -0.4 is 20.1 Å². The lowest BCUT2D eigenvalue weighted by molar-refractivity contribution is 0.174. The Kier molecular flexibility index (Phi) is 3.52. The minimum atomic E-state index is -0.0997. The average molecular weight is 300 g/mol. The summed E-state index contributed by atoms with van der Waals surface area (Å²) in [4.78, 5) is 8.87. The van der Waals surface area contributed by atoms with Gasteiger partial charge in [-0.3, -0.25) is 0 Å². The van der Waals surface area contributed by atoms with Crippen LogP contribution >= 0.6 is 0 Å². The van der Waals surface area contributed by atoms with Gasteiger partial charge in [0.1, 0.15) is 5.82 Å². The van der Waals surface area contributed by atoms with Gasteiger partial charge in [-0.05, 0) is 39.8 Å². The summed E-state index contributed by atoms with van der Waals surface area (Å²) in [5, 5.41) is 6.57. The molecule has 0 radical (unpaired) electrons. The number of aryl methyl sites for hydroxylation is 1. The van der Waals surface area contributed by atoms with Gasteiger partial charge in [-0.25, -0.2) is 4.98 Å². The van der Waals surface area contributed by atoms with E-state index in [9.17, 15) is 0 Å². The zero-order chi connectivity index (χ0) is 15.7. The highest BCUT2D eigenvalue weighted by Gasteiger charge is 2.18. The summed E-state index contributed by atoms with van der Waals surface area (Å²) in [5.74, 6) is 2.78. The Morgan fingerprint density at radius 3 is 2.77 bits per heavy atom. The van der Waals surface area contributed by atoms with Crippen LogP contribution in [-0.4, -0.2) is 22.3 Å². The van der Waals surface area contributed by atoms with Gasteiger partial charge in [-0.15, -0.1) is 0 Å². The van der Waals surface area contributed by atoms with E-state index in [1.165, 1.54) is 0 Å². The van der Waals surface area contributed by atoms with Gasteiger partial charge in [-0.2, -0.15) is 4.98 Å². The van der Waals surface area contributed by atoms with E-state index in [4.69, 9.17) is 9.47 Å². The molecule has 1 aliphatic rings. The standard InChI is InChI=1S/C16H20N4O2/c1-10-8-17-15(20-16(2,3)4)19-14(10)18-11-6-5-7-12-13(11)22-9-21-12/h5-8H,9H2,1-4H3,(H2,17,18,19,20). The highest BCUT2D eigenvalue weighted by Crippen LogP contribution is 2.40. The van der Waals surface area contributed by atoms with E-state index < -0.39 is 0 Å². The van der Waals surface area contributed by atoms with Crippen molar-refractivity contribution in [3.63, 3.8) is 0 Å². The average Bonchev–Trinajstić information content (AvgIpc) is 2.90. The number of rotatable bonds is 3. The Morgan fingerprint density at radius 1 is 1.18 bits per heavy atom. The van der Waals surface area contributed by atoms with E-state index in [1.54, 1.807) is 6.20 Å². The summed E-state index contributed by atoms with van der Waals surface area (Å²) in [6.45, 7) is 8.41. The van der Waals surface area contributed by atoms with Crippen molar-refractivity contribution in [1.29, 1.82) is 0 Å². The zero-order valence-electron chi connectivity index (χ0n) is 13.2. The summed E-state index contributed by atoms with van der Waals surface area (Å²) < 4.78 is 10.9. The van der Waals surface area contributed by atoms with E-state index >= 15 is 0 Å². The Hall–Kier alpha value is -2.50. The first kappa shape index (κ1) is 14.4. The number of hydrogen-bond donors (Lipinski definition) is 2. The predicted molar refractivity (Wildman–Crippen MR) is 86.0 cm³/mol. The van der Waals surface area contributed by atoms with Crippen molar-refractivity contribution in [1.82, 2.24) is 9.97 Å². The monoisotopic (exact) mass is 300 g/mol. The minimum absolute atomic E-state index is 0.0997. The van der Waals surface area contributed by atoms with Crippen LogP contribution in [0.2, 0.25) is 0 Å². The Balaban J connectivity index is 1.89. The Labute approximate surface area is 129 Å². The van der Waals surface area contributed by atoms with Crippen LogP contribution in [-0.2, 0) is 0 Å². The maximum atomic E-state index is 5.51. The van der Waals surface area contributed by atoms with Crippen molar-refractivity contribution in [2.75, 3.05) is 17.4 Å². The van der Waals surface area contributed by atoms with Crippen molar-refractivity contribution in [2.45, 2.75) is 33.2 Å². The fourth-order valence-corrected chi connectivity index (χ4v) is 2.12. The molecule has 6 heteroatoms. The molecule has 3 rings (SSSR count). The first-order valence-corrected chi connectivity index (χ1v) is 7.20. The molecule has 22 heavy (non-hydrogen) atoms. The molecule has 116 valence electrons. The molecule has 0 spiro atoms. The minimum Gasteiger partial charge on any atom is -0.454 e. The summed E-state index contributed by atoms with van der Waals surface area (Å²) >= 11 is 0. The van der Waals surface area contributed by atoms with Gasteiger partial charge in [0.25, 0.3) is 0 Å². The number of anilines is 3. The molecular weight excluding hydrogens is 280 g/mol. The lowest BCUT2D eigenvalue weighted by atomic mass is 10.1. The predicted octanol–water partition coefficient (Wildman–Crippen LogP) is 3.47. The molecule has 0 aliphatic carbocycles. The number of benzene rings is 1. The second-order valence-electron chi connectivity index (χ2n) is 6.26. The second-order valence-corrected chi connectivity index (χ2v) is 6.26. The highest BCUT2D eigenvalue weighted by atomic mass is 16.7. The first-order valence-electron chi connectivity index (χ1n) is 7.20. The maximum absolute atomic E-state index is 5.51. The van der Waals surface area contributed by atoms with E-state index in [0.717, 1.165) is 22.8 Å². The number of aromatic nitrogens is 2. The number of para-hydroxylation sites is 1. The number of hydrogen-bond acceptors (Lipinski definition) is 6. The molecule has 1 aromatic carbocycles. The third kappa shape index (κ3) is 3.05. The van der Waals surface area contributed by atoms with Crippen LogP contribution in [0.15, 0.2) is 24.4 Å². The number of fused-ring (bicyclic) bond motifs is 1. The topological polar surface area (TPSA) is 68.3 Å². The van der Waals surface area contributed by atoms with Crippen LogP contribution in [0.3, 0.4) is 0 Å². The Bertz CT molecular complexity index is 695. The Morgan fingerprint density at radius 2 is 2.00 bits per heavy atom. The van der Waals surface area contributed by atoms with Gasteiger partial charge in [0.15, 0.2) is 11.5 Å². The fourth-order valence-electron chi connectivity index (χ4n) is 2.12. The molecule has 2 heterocycles. The lowest BCUT2D eigenvalue weighted by Crippen LogP contribution is -2.27. The van der Waals surface area contributed by atoms with Crippen LogP contribution in [0, 0.1) is 6.92 Å². The van der Waals surface area contributed by atoms with Crippen LogP contribution in [0.1, 0.15) is 26.3 Å². The molecule has 0 unspecified atom stereocenters. The number of nitrogens with zero attached hydrogens (tertiary/aromatic N) is 2. The van der Waals surface area contributed by atoms with Gasteiger partial charge in [-0.1, -0.05) is 6.07 Å². The molecule has 2 N–H and O–H groups in total. The van der Waals surface area contributed by atoms with Gasteiger partial charge < -0.3 is 20.1 Å². The smallest absolute Gasteiger partial charge is 0.231 e. The van der Waals surface area contributed by atoms with Crippen molar-refractivity contribution in [3.8, 4) is 11.5 Å².